The molecule has 0 aromatic heterocycles. The van der Waals surface area contributed by atoms with E-state index in [1.54, 1.807) is 0 Å². The van der Waals surface area contributed by atoms with Crippen LogP contribution in [0.3, 0.4) is 0 Å². The van der Waals surface area contributed by atoms with Crippen LogP contribution in [-0.2, 0) is 28.4 Å². The Bertz CT molecular complexity index is 645. The van der Waals surface area contributed by atoms with Gasteiger partial charge in [0.1, 0.15) is 0 Å². The van der Waals surface area contributed by atoms with Crippen molar-refractivity contribution in [3.8, 4) is 0 Å². The third-order valence-electron chi connectivity index (χ3n) is 5.82. The Morgan fingerprint density at radius 1 is 1.10 bits per heavy atom. The summed E-state index contributed by atoms with van der Waals surface area (Å²) in [6.07, 6.45) is -1.37. The first-order valence-corrected chi connectivity index (χ1v) is 9.60. The molecule has 29 heavy (non-hydrogen) atoms. The molecule has 4 rings (SSSR count). The summed E-state index contributed by atoms with van der Waals surface area (Å²) in [5, 5.41) is 18.1. The van der Waals surface area contributed by atoms with Gasteiger partial charge in [-0.1, -0.05) is 0 Å². The van der Waals surface area contributed by atoms with Crippen LogP contribution in [0.25, 0.3) is 0 Å². The van der Waals surface area contributed by atoms with E-state index in [0.717, 1.165) is 19.3 Å². The highest BCUT2D eigenvalue weighted by molar-refractivity contribution is 7.96. The van der Waals surface area contributed by atoms with Crippen LogP contribution < -0.4 is 5.26 Å². The zero-order valence-electron chi connectivity index (χ0n) is 15.0. The molecule has 0 spiro atoms. The molecule has 0 saturated heterocycles. The summed E-state index contributed by atoms with van der Waals surface area (Å²) in [7, 11) is 0. The Morgan fingerprint density at radius 3 is 2.24 bits per heavy atom. The predicted molar refractivity (Wildman–Crippen MR) is 83.6 cm³/mol. The fraction of sp³-hybridized carbons (Fsp3) is 0.875. The van der Waals surface area contributed by atoms with E-state index in [4.69, 9.17) is 4.74 Å². The molecule has 4 fully saturated rings. The van der Waals surface area contributed by atoms with E-state index in [9.17, 15) is 37.5 Å². The van der Waals surface area contributed by atoms with Crippen LogP contribution in [-0.4, -0.2) is 47.0 Å². The average Bonchev–Trinajstić information content (AvgIpc) is 2.59. The van der Waals surface area contributed by atoms with Crippen molar-refractivity contribution in [1.82, 2.24) is 0 Å². The molecule has 3 unspecified atom stereocenters. The van der Waals surface area contributed by atoms with Crippen LogP contribution in [0.1, 0.15) is 38.5 Å². The molecular weight excluding hydrogens is 428 g/mol. The van der Waals surface area contributed by atoms with Crippen molar-refractivity contribution in [3.05, 3.63) is 0 Å². The molecule has 166 valence electrons. The van der Waals surface area contributed by atoms with Gasteiger partial charge in [0, 0.05) is 5.41 Å². The fourth-order valence-electron chi connectivity index (χ4n) is 5.32. The lowest BCUT2D eigenvalue weighted by Gasteiger charge is -2.59. The molecule has 0 heterocycles. The van der Waals surface area contributed by atoms with Gasteiger partial charge < -0.3 is 19.8 Å². The summed E-state index contributed by atoms with van der Waals surface area (Å²) in [6, 6.07) is 0. The van der Waals surface area contributed by atoms with Crippen molar-refractivity contribution < 1.29 is 56.4 Å². The SMILES string of the molecule is O=C(COC(=O)C(F)(SOO[O-])C(F)(F)F)OCC12CC3CC(CC(O)(C3)C1)C2. The smallest absolute Gasteiger partial charge is 0.446 e. The van der Waals surface area contributed by atoms with Gasteiger partial charge in [0.05, 0.1) is 24.3 Å². The third-order valence-corrected chi connectivity index (χ3v) is 6.57. The molecule has 0 aliphatic heterocycles. The first-order valence-electron chi connectivity index (χ1n) is 8.86. The lowest BCUT2D eigenvalue weighted by atomic mass is 9.48. The fourth-order valence-corrected chi connectivity index (χ4v) is 5.66. The lowest BCUT2D eigenvalue weighted by molar-refractivity contribution is -0.777. The maximum absolute atomic E-state index is 13.9. The van der Waals surface area contributed by atoms with Crippen molar-refractivity contribution in [2.75, 3.05) is 13.2 Å². The second-order valence-electron chi connectivity index (χ2n) is 8.23. The highest BCUT2D eigenvalue weighted by Crippen LogP contribution is 2.61. The highest BCUT2D eigenvalue weighted by atomic mass is 32.2. The summed E-state index contributed by atoms with van der Waals surface area (Å²) < 4.78 is 64.5. The molecule has 0 aromatic carbocycles. The average molecular weight is 447 g/mol. The van der Waals surface area contributed by atoms with Crippen LogP contribution in [0.15, 0.2) is 0 Å². The van der Waals surface area contributed by atoms with E-state index in [1.807, 2.05) is 0 Å². The van der Waals surface area contributed by atoms with Gasteiger partial charge in [0.25, 0.3) is 0 Å². The number of esters is 2. The topological polar surface area (TPSA) is 114 Å². The number of aliphatic hydroxyl groups is 1. The zero-order chi connectivity index (χ0) is 21.5. The number of hydrogen-bond acceptors (Lipinski definition) is 9. The van der Waals surface area contributed by atoms with E-state index in [2.05, 4.69) is 14.1 Å². The molecule has 0 radical (unpaired) electrons. The summed E-state index contributed by atoms with van der Waals surface area (Å²) >= 11 is -1.24. The number of carbonyl (C=O) groups excluding carboxylic acids is 2. The van der Waals surface area contributed by atoms with E-state index < -0.39 is 52.8 Å². The molecular formula is C16H19F4O8S-. The van der Waals surface area contributed by atoms with Gasteiger partial charge in [0.2, 0.25) is 0 Å². The van der Waals surface area contributed by atoms with Crippen molar-refractivity contribution in [3.63, 3.8) is 0 Å². The Kier molecular flexibility index (Phi) is 6.09. The van der Waals surface area contributed by atoms with Crippen LogP contribution in [0, 0.1) is 17.3 Å². The first kappa shape index (κ1) is 22.5. The number of hydrogen-bond donors (Lipinski definition) is 1. The number of rotatable bonds is 8. The van der Waals surface area contributed by atoms with Crippen molar-refractivity contribution in [2.24, 2.45) is 17.3 Å². The number of ether oxygens (including phenoxy) is 2. The van der Waals surface area contributed by atoms with Gasteiger partial charge >= 0.3 is 23.1 Å². The van der Waals surface area contributed by atoms with Crippen molar-refractivity contribution >= 4 is 24.0 Å². The standard InChI is InChI=1S/C16H20F4O8S/c17-15(16(18,19)20,29-28-27-24)12(22)25-6-11(21)26-8-13-2-9-1-10(3-13)5-14(23,4-9)7-13/h9-10,23-24H,1-8H2/p-1. The maximum atomic E-state index is 13.9. The molecule has 1 N–H and O–H groups in total. The third kappa shape index (κ3) is 4.63. The second kappa shape index (κ2) is 7.84. The molecule has 8 nitrogen and oxygen atoms in total. The van der Waals surface area contributed by atoms with Crippen LogP contribution in [0.2, 0.25) is 0 Å². The molecule has 13 heteroatoms. The minimum absolute atomic E-state index is 0.0688. The first-order chi connectivity index (χ1) is 13.4. The second-order valence-corrected chi connectivity index (χ2v) is 9.10. The molecule has 4 bridgehead atoms. The summed E-state index contributed by atoms with van der Waals surface area (Å²) in [5.41, 5.74) is -1.20. The van der Waals surface area contributed by atoms with Crippen LogP contribution in [0.5, 0.6) is 0 Å². The van der Waals surface area contributed by atoms with Gasteiger partial charge in [-0.2, -0.15) is 17.5 Å². The van der Waals surface area contributed by atoms with E-state index >= 15 is 0 Å². The Hall–Kier alpha value is -1.15. The maximum Gasteiger partial charge on any atom is 0.446 e. The number of halogens is 4. The van der Waals surface area contributed by atoms with Crippen LogP contribution >= 0.6 is 12.0 Å². The Morgan fingerprint density at radius 2 is 1.72 bits per heavy atom. The number of alkyl halides is 4. The quantitative estimate of drug-likeness (QED) is 0.194. The summed E-state index contributed by atoms with van der Waals surface area (Å²) in [4.78, 5) is 23.3. The zero-order valence-corrected chi connectivity index (χ0v) is 15.9. The molecule has 0 aromatic rings. The monoisotopic (exact) mass is 447 g/mol. The molecule has 4 aliphatic rings. The van der Waals surface area contributed by atoms with Gasteiger partial charge in [-0.05, 0) is 50.4 Å². The molecule has 0 amide bonds. The molecule has 3 atom stereocenters. The number of carbonyl (C=O) groups is 2. The molecule has 4 saturated carbocycles. The minimum atomic E-state index is -5.80. The van der Waals surface area contributed by atoms with E-state index in [0.29, 0.717) is 31.1 Å². The van der Waals surface area contributed by atoms with Crippen molar-refractivity contribution in [1.29, 1.82) is 0 Å². The van der Waals surface area contributed by atoms with E-state index in [-0.39, 0.29) is 6.61 Å². The van der Waals surface area contributed by atoms with Gasteiger partial charge in [-0.15, -0.1) is 0 Å². The highest BCUT2D eigenvalue weighted by Gasteiger charge is 2.66. The lowest BCUT2D eigenvalue weighted by Crippen LogP contribution is -2.57. The van der Waals surface area contributed by atoms with Gasteiger partial charge in [0.15, 0.2) is 6.61 Å². The predicted octanol–water partition coefficient (Wildman–Crippen LogP) is 1.50. The molecule has 4 aliphatic carbocycles. The minimum Gasteiger partial charge on any atom is -0.691 e. The Labute approximate surface area is 166 Å². The van der Waals surface area contributed by atoms with Gasteiger partial charge in [-0.25, -0.2) is 14.0 Å². The summed E-state index contributed by atoms with van der Waals surface area (Å²) in [5.74, 6) is -2.99. The van der Waals surface area contributed by atoms with Crippen LogP contribution in [0.4, 0.5) is 17.6 Å². The normalized spacial score (nSPS) is 35.2. The van der Waals surface area contributed by atoms with Gasteiger partial charge in [-0.3, -0.25) is 5.04 Å². The summed E-state index contributed by atoms with van der Waals surface area (Å²) in [6.45, 7) is -1.33. The van der Waals surface area contributed by atoms with E-state index in [1.165, 1.54) is 0 Å². The largest absolute Gasteiger partial charge is 0.691 e. The Balaban J connectivity index is 1.52. The van der Waals surface area contributed by atoms with Crippen molar-refractivity contribution in [2.45, 2.75) is 55.3 Å².